The maximum Gasteiger partial charge on any atom is 0.347 e. The van der Waals surface area contributed by atoms with Crippen molar-refractivity contribution in [1.29, 1.82) is 0 Å². The van der Waals surface area contributed by atoms with Crippen molar-refractivity contribution < 1.29 is 14.3 Å². The minimum absolute atomic E-state index is 0.0274. The van der Waals surface area contributed by atoms with Gasteiger partial charge in [-0.2, -0.15) is 0 Å². The fourth-order valence-corrected chi connectivity index (χ4v) is 1.51. The second-order valence-electron chi connectivity index (χ2n) is 3.60. The topological polar surface area (TPSA) is 48.4 Å². The van der Waals surface area contributed by atoms with Gasteiger partial charge < -0.3 is 9.47 Å². The van der Waals surface area contributed by atoms with Gasteiger partial charge in [0.15, 0.2) is 11.9 Å². The van der Waals surface area contributed by atoms with Gasteiger partial charge in [0, 0.05) is 12.1 Å². The number of methoxy groups -OCH3 is 1. The summed E-state index contributed by atoms with van der Waals surface area (Å²) in [6.07, 6.45) is 1.02. The van der Waals surface area contributed by atoms with Gasteiger partial charge in [0.05, 0.1) is 7.11 Å². The van der Waals surface area contributed by atoms with Crippen LogP contribution in [0.1, 0.15) is 13.8 Å². The van der Waals surface area contributed by atoms with Crippen LogP contribution in [0.25, 0.3) is 0 Å². The second-order valence-corrected chi connectivity index (χ2v) is 4.35. The molecule has 16 heavy (non-hydrogen) atoms. The Morgan fingerprint density at radius 1 is 1.50 bits per heavy atom. The molecule has 0 aliphatic carbocycles. The lowest BCUT2D eigenvalue weighted by Gasteiger charge is -2.20. The molecule has 0 amide bonds. The first kappa shape index (κ1) is 13.0. The van der Waals surface area contributed by atoms with Crippen LogP contribution >= 0.6 is 15.9 Å². The number of halogens is 1. The number of ether oxygens (including phenoxy) is 2. The molecule has 1 aromatic rings. The Morgan fingerprint density at radius 3 is 2.69 bits per heavy atom. The Bertz CT molecular complexity index is 368. The SMILES string of the molecule is COC(=O)C(Oc1cccnc1Br)C(C)C. The van der Waals surface area contributed by atoms with E-state index in [9.17, 15) is 4.79 Å². The first-order chi connectivity index (χ1) is 7.56. The van der Waals surface area contributed by atoms with Gasteiger partial charge in [-0.15, -0.1) is 0 Å². The number of nitrogens with zero attached hydrogens (tertiary/aromatic N) is 1. The van der Waals surface area contributed by atoms with E-state index in [-0.39, 0.29) is 11.9 Å². The predicted molar refractivity (Wildman–Crippen MR) is 63.2 cm³/mol. The summed E-state index contributed by atoms with van der Waals surface area (Å²) in [6, 6.07) is 3.49. The Hall–Kier alpha value is -1.10. The second kappa shape index (κ2) is 5.84. The molecule has 1 rings (SSSR count). The van der Waals surface area contributed by atoms with Crippen LogP contribution in [-0.4, -0.2) is 24.2 Å². The van der Waals surface area contributed by atoms with E-state index >= 15 is 0 Å². The third-order valence-corrected chi connectivity index (χ3v) is 2.61. The molecule has 0 bridgehead atoms. The van der Waals surface area contributed by atoms with E-state index in [4.69, 9.17) is 4.74 Å². The number of hydrogen-bond donors (Lipinski definition) is 0. The number of hydrogen-bond acceptors (Lipinski definition) is 4. The van der Waals surface area contributed by atoms with E-state index in [0.29, 0.717) is 10.4 Å². The van der Waals surface area contributed by atoms with Crippen molar-refractivity contribution in [3.63, 3.8) is 0 Å². The standard InChI is InChI=1S/C11H14BrNO3/c1-7(2)9(11(14)15-3)16-8-5-4-6-13-10(8)12/h4-7,9H,1-3H3. The van der Waals surface area contributed by atoms with Crippen molar-refractivity contribution in [2.45, 2.75) is 20.0 Å². The zero-order valence-electron chi connectivity index (χ0n) is 9.44. The molecule has 0 aliphatic rings. The Labute approximate surface area is 103 Å². The van der Waals surface area contributed by atoms with Crippen molar-refractivity contribution in [2.75, 3.05) is 7.11 Å². The van der Waals surface area contributed by atoms with Crippen molar-refractivity contribution in [1.82, 2.24) is 4.98 Å². The van der Waals surface area contributed by atoms with Gasteiger partial charge >= 0.3 is 5.97 Å². The van der Waals surface area contributed by atoms with Crippen LogP contribution in [0.3, 0.4) is 0 Å². The summed E-state index contributed by atoms with van der Waals surface area (Å²) in [7, 11) is 1.35. The number of carbonyl (C=O) groups excluding carboxylic acids is 1. The summed E-state index contributed by atoms with van der Waals surface area (Å²) in [5, 5.41) is 0. The molecule has 0 radical (unpaired) electrons. The average Bonchev–Trinajstić information content (AvgIpc) is 2.26. The minimum atomic E-state index is -0.620. The number of pyridine rings is 1. The zero-order valence-corrected chi connectivity index (χ0v) is 11.0. The van der Waals surface area contributed by atoms with Crippen LogP contribution in [0, 0.1) is 5.92 Å². The van der Waals surface area contributed by atoms with Crippen molar-refractivity contribution in [3.05, 3.63) is 22.9 Å². The molecule has 1 atom stereocenters. The molecule has 88 valence electrons. The average molecular weight is 288 g/mol. The van der Waals surface area contributed by atoms with Crippen molar-refractivity contribution in [3.8, 4) is 5.75 Å². The molecule has 0 spiro atoms. The molecule has 0 aliphatic heterocycles. The highest BCUT2D eigenvalue weighted by atomic mass is 79.9. The molecule has 0 saturated carbocycles. The van der Waals surface area contributed by atoms with Crippen molar-refractivity contribution >= 4 is 21.9 Å². The Balaban J connectivity index is 2.84. The van der Waals surface area contributed by atoms with Gasteiger partial charge in [0.25, 0.3) is 0 Å². The highest BCUT2D eigenvalue weighted by Gasteiger charge is 2.25. The minimum Gasteiger partial charge on any atom is -0.476 e. The molecule has 4 nitrogen and oxygen atoms in total. The summed E-state index contributed by atoms with van der Waals surface area (Å²) in [5.74, 6) is 0.178. The van der Waals surface area contributed by atoms with E-state index in [1.54, 1.807) is 18.3 Å². The fraction of sp³-hybridized carbons (Fsp3) is 0.455. The fourth-order valence-electron chi connectivity index (χ4n) is 1.17. The normalized spacial score (nSPS) is 12.3. The van der Waals surface area contributed by atoms with Crippen LogP contribution in [0.15, 0.2) is 22.9 Å². The lowest BCUT2D eigenvalue weighted by atomic mass is 10.1. The van der Waals surface area contributed by atoms with Crippen LogP contribution in [0.4, 0.5) is 0 Å². The monoisotopic (exact) mass is 287 g/mol. The molecule has 1 aromatic heterocycles. The molecule has 1 heterocycles. The van der Waals surface area contributed by atoms with E-state index in [2.05, 4.69) is 25.7 Å². The van der Waals surface area contributed by atoms with Crippen molar-refractivity contribution in [2.24, 2.45) is 5.92 Å². The largest absolute Gasteiger partial charge is 0.476 e. The zero-order chi connectivity index (χ0) is 12.1. The summed E-state index contributed by atoms with van der Waals surface area (Å²) in [6.45, 7) is 3.79. The lowest BCUT2D eigenvalue weighted by Crippen LogP contribution is -2.33. The highest BCUT2D eigenvalue weighted by Crippen LogP contribution is 2.24. The number of carbonyl (C=O) groups is 1. The Morgan fingerprint density at radius 2 is 2.19 bits per heavy atom. The molecule has 5 heteroatoms. The maximum atomic E-state index is 11.5. The quantitative estimate of drug-likeness (QED) is 0.630. The van der Waals surface area contributed by atoms with Crippen LogP contribution in [-0.2, 0) is 9.53 Å². The van der Waals surface area contributed by atoms with Gasteiger partial charge in [0.2, 0.25) is 0 Å². The summed E-state index contributed by atoms with van der Waals surface area (Å²) >= 11 is 3.26. The number of aromatic nitrogens is 1. The van der Waals surface area contributed by atoms with E-state index in [1.165, 1.54) is 7.11 Å². The number of esters is 1. The summed E-state index contributed by atoms with van der Waals surface area (Å²) < 4.78 is 10.8. The molecule has 0 aromatic carbocycles. The molecular weight excluding hydrogens is 274 g/mol. The molecule has 1 unspecified atom stereocenters. The molecule has 0 saturated heterocycles. The van der Waals surface area contributed by atoms with Gasteiger partial charge in [-0.1, -0.05) is 13.8 Å². The predicted octanol–water partition coefficient (Wildman–Crippen LogP) is 2.42. The lowest BCUT2D eigenvalue weighted by molar-refractivity contribution is -0.150. The van der Waals surface area contributed by atoms with Crippen LogP contribution in [0.2, 0.25) is 0 Å². The van der Waals surface area contributed by atoms with Crippen LogP contribution < -0.4 is 4.74 Å². The Kier molecular flexibility index (Phi) is 4.73. The van der Waals surface area contributed by atoms with E-state index in [0.717, 1.165) is 0 Å². The summed E-state index contributed by atoms with van der Waals surface area (Å²) in [5.41, 5.74) is 0. The molecule has 0 fully saturated rings. The molecule has 0 N–H and O–H groups in total. The third-order valence-electron chi connectivity index (χ3n) is 2.02. The third kappa shape index (κ3) is 3.20. The first-order valence-corrected chi connectivity index (χ1v) is 5.70. The molecular formula is C11H14BrNO3. The van der Waals surface area contributed by atoms with E-state index < -0.39 is 6.10 Å². The maximum absolute atomic E-state index is 11.5. The van der Waals surface area contributed by atoms with Gasteiger partial charge in [-0.25, -0.2) is 9.78 Å². The summed E-state index contributed by atoms with van der Waals surface area (Å²) in [4.78, 5) is 15.5. The van der Waals surface area contributed by atoms with Gasteiger partial charge in [0.1, 0.15) is 4.60 Å². The highest BCUT2D eigenvalue weighted by molar-refractivity contribution is 9.10. The number of rotatable bonds is 4. The van der Waals surface area contributed by atoms with Crippen LogP contribution in [0.5, 0.6) is 5.75 Å². The smallest absolute Gasteiger partial charge is 0.347 e. The van der Waals surface area contributed by atoms with Gasteiger partial charge in [-0.3, -0.25) is 0 Å². The van der Waals surface area contributed by atoms with E-state index in [1.807, 2.05) is 13.8 Å². The first-order valence-electron chi connectivity index (χ1n) is 4.91. The van der Waals surface area contributed by atoms with Gasteiger partial charge in [-0.05, 0) is 28.1 Å².